The summed E-state index contributed by atoms with van der Waals surface area (Å²) in [7, 11) is 0. The van der Waals surface area contributed by atoms with Crippen molar-refractivity contribution in [2.75, 3.05) is 6.61 Å². The van der Waals surface area contributed by atoms with Crippen LogP contribution in [0.4, 0.5) is 4.79 Å². The summed E-state index contributed by atoms with van der Waals surface area (Å²) < 4.78 is 10.2. The van der Waals surface area contributed by atoms with Crippen LogP contribution in [0.25, 0.3) is 0 Å². The van der Waals surface area contributed by atoms with E-state index in [-0.39, 0.29) is 5.78 Å². The van der Waals surface area contributed by atoms with Crippen molar-refractivity contribution in [3.63, 3.8) is 0 Å². The van der Waals surface area contributed by atoms with Crippen LogP contribution >= 0.6 is 0 Å². The normalized spacial score (nSPS) is 16.8. The van der Waals surface area contributed by atoms with Gasteiger partial charge in [0.1, 0.15) is 5.60 Å². The third-order valence-corrected chi connectivity index (χ3v) is 2.07. The standard InChI is InChI=1S/C12H19NO4/c1-8(10(14)9-6-5-7-16-9)13-11(15)17-12(2,3)4/h6,8H,5,7H2,1-4H3,(H,13,15)/t8-/m0/s1. The van der Waals surface area contributed by atoms with E-state index in [4.69, 9.17) is 9.47 Å². The second-order valence-corrected chi connectivity index (χ2v) is 4.94. The van der Waals surface area contributed by atoms with Crippen LogP contribution in [0.1, 0.15) is 34.1 Å². The predicted molar refractivity (Wildman–Crippen MR) is 62.5 cm³/mol. The molecule has 1 heterocycles. The van der Waals surface area contributed by atoms with Gasteiger partial charge in [0.2, 0.25) is 5.78 Å². The summed E-state index contributed by atoms with van der Waals surface area (Å²) in [6.45, 7) is 7.43. The summed E-state index contributed by atoms with van der Waals surface area (Å²) >= 11 is 0. The monoisotopic (exact) mass is 241 g/mol. The van der Waals surface area contributed by atoms with Crippen molar-refractivity contribution in [2.24, 2.45) is 0 Å². The molecule has 1 aliphatic heterocycles. The number of hydrogen-bond acceptors (Lipinski definition) is 4. The van der Waals surface area contributed by atoms with Crippen LogP contribution < -0.4 is 5.32 Å². The largest absolute Gasteiger partial charge is 0.490 e. The smallest absolute Gasteiger partial charge is 0.408 e. The fourth-order valence-electron chi connectivity index (χ4n) is 1.35. The first-order chi connectivity index (χ1) is 7.79. The fraction of sp³-hybridized carbons (Fsp3) is 0.667. The molecule has 0 bridgehead atoms. The highest BCUT2D eigenvalue weighted by Gasteiger charge is 2.25. The molecule has 0 radical (unpaired) electrons. The number of ketones is 1. The SMILES string of the molecule is C[C@H](NC(=O)OC(C)(C)C)C(=O)C1=CCCO1. The molecule has 0 aromatic carbocycles. The zero-order valence-electron chi connectivity index (χ0n) is 10.7. The fourth-order valence-corrected chi connectivity index (χ4v) is 1.35. The van der Waals surface area contributed by atoms with Crippen molar-refractivity contribution in [1.82, 2.24) is 5.32 Å². The molecule has 0 unspecified atom stereocenters. The molecule has 1 N–H and O–H groups in total. The Bertz CT molecular complexity index is 341. The van der Waals surface area contributed by atoms with E-state index >= 15 is 0 Å². The minimum Gasteiger partial charge on any atom is -0.490 e. The van der Waals surface area contributed by atoms with Gasteiger partial charge in [0.25, 0.3) is 0 Å². The summed E-state index contributed by atoms with van der Waals surface area (Å²) in [5.41, 5.74) is -0.573. The Hall–Kier alpha value is -1.52. The van der Waals surface area contributed by atoms with Gasteiger partial charge in [-0.3, -0.25) is 4.79 Å². The number of nitrogens with one attached hydrogen (secondary N) is 1. The lowest BCUT2D eigenvalue weighted by Crippen LogP contribution is -2.42. The van der Waals surface area contributed by atoms with E-state index in [2.05, 4.69) is 5.32 Å². The van der Waals surface area contributed by atoms with Gasteiger partial charge in [-0.1, -0.05) is 0 Å². The van der Waals surface area contributed by atoms with Crippen LogP contribution in [0.2, 0.25) is 0 Å². The van der Waals surface area contributed by atoms with Crippen LogP contribution in [-0.2, 0) is 14.3 Å². The van der Waals surface area contributed by atoms with Gasteiger partial charge in [0, 0.05) is 6.42 Å². The molecule has 1 rings (SSSR count). The van der Waals surface area contributed by atoms with E-state index < -0.39 is 17.7 Å². The molecule has 0 aliphatic carbocycles. The number of hydrogen-bond donors (Lipinski definition) is 1. The number of alkyl carbamates (subject to hydrolysis) is 1. The van der Waals surface area contributed by atoms with E-state index in [1.54, 1.807) is 33.8 Å². The van der Waals surface area contributed by atoms with Crippen LogP contribution in [0.15, 0.2) is 11.8 Å². The van der Waals surface area contributed by atoms with Gasteiger partial charge in [0.05, 0.1) is 12.6 Å². The average Bonchev–Trinajstić information content (AvgIpc) is 2.65. The quantitative estimate of drug-likeness (QED) is 0.818. The lowest BCUT2D eigenvalue weighted by molar-refractivity contribution is -0.120. The van der Waals surface area contributed by atoms with Crippen molar-refractivity contribution in [3.8, 4) is 0 Å². The lowest BCUT2D eigenvalue weighted by Gasteiger charge is -2.21. The van der Waals surface area contributed by atoms with Crippen LogP contribution in [0, 0.1) is 0 Å². The second kappa shape index (κ2) is 5.21. The Labute approximate surface area is 101 Å². The molecule has 0 aromatic rings. The number of carbonyl (C=O) groups is 2. The molecule has 0 fully saturated rings. The van der Waals surface area contributed by atoms with Gasteiger partial charge in [-0.05, 0) is 33.8 Å². The molecule has 5 nitrogen and oxygen atoms in total. The summed E-state index contributed by atoms with van der Waals surface area (Å²) in [6.07, 6.45) is 1.87. The highest BCUT2D eigenvalue weighted by atomic mass is 16.6. The van der Waals surface area contributed by atoms with Crippen molar-refractivity contribution < 1.29 is 19.1 Å². The second-order valence-electron chi connectivity index (χ2n) is 4.94. The summed E-state index contributed by atoms with van der Waals surface area (Å²) in [5.74, 6) is 0.0990. The third kappa shape index (κ3) is 4.46. The zero-order chi connectivity index (χ0) is 13.1. The molecule has 17 heavy (non-hydrogen) atoms. The van der Waals surface area contributed by atoms with Gasteiger partial charge < -0.3 is 14.8 Å². The first kappa shape index (κ1) is 13.5. The minimum atomic E-state index is -0.644. The number of rotatable bonds is 3. The van der Waals surface area contributed by atoms with E-state index in [0.29, 0.717) is 12.4 Å². The Kier molecular flexibility index (Phi) is 4.15. The zero-order valence-corrected chi connectivity index (χ0v) is 10.7. The molecule has 0 spiro atoms. The number of amides is 1. The number of ether oxygens (including phenoxy) is 2. The number of Topliss-reactive ketones (excluding diaryl/α,β-unsaturated/α-hetero) is 1. The maximum Gasteiger partial charge on any atom is 0.408 e. The topological polar surface area (TPSA) is 64.6 Å². The Morgan fingerprint density at radius 1 is 1.47 bits per heavy atom. The van der Waals surface area contributed by atoms with Gasteiger partial charge in [0.15, 0.2) is 5.76 Å². The summed E-state index contributed by atoms with van der Waals surface area (Å²) in [4.78, 5) is 23.2. The van der Waals surface area contributed by atoms with E-state index in [1.807, 2.05) is 0 Å². The minimum absolute atomic E-state index is 0.228. The highest BCUT2D eigenvalue weighted by molar-refractivity contribution is 5.99. The maximum atomic E-state index is 11.8. The third-order valence-electron chi connectivity index (χ3n) is 2.07. The molecule has 0 saturated carbocycles. The number of carbonyl (C=O) groups excluding carboxylic acids is 2. The maximum absolute atomic E-state index is 11.8. The molecular weight excluding hydrogens is 222 g/mol. The Morgan fingerprint density at radius 3 is 2.59 bits per heavy atom. The van der Waals surface area contributed by atoms with E-state index in [9.17, 15) is 9.59 Å². The summed E-state index contributed by atoms with van der Waals surface area (Å²) in [6, 6.07) is -0.644. The first-order valence-corrected chi connectivity index (χ1v) is 5.66. The molecule has 0 saturated heterocycles. The molecule has 5 heteroatoms. The lowest BCUT2D eigenvalue weighted by atomic mass is 10.2. The van der Waals surface area contributed by atoms with Crippen molar-refractivity contribution in [3.05, 3.63) is 11.8 Å². The van der Waals surface area contributed by atoms with Crippen molar-refractivity contribution >= 4 is 11.9 Å². The molecule has 96 valence electrons. The molecule has 1 aliphatic rings. The Balaban J connectivity index is 2.46. The van der Waals surface area contributed by atoms with Gasteiger partial charge >= 0.3 is 6.09 Å². The Morgan fingerprint density at radius 2 is 2.12 bits per heavy atom. The van der Waals surface area contributed by atoms with E-state index in [0.717, 1.165) is 6.42 Å². The van der Waals surface area contributed by atoms with E-state index in [1.165, 1.54) is 0 Å². The van der Waals surface area contributed by atoms with Gasteiger partial charge in [-0.25, -0.2) is 4.79 Å². The predicted octanol–water partition coefficient (Wildman–Crippen LogP) is 1.77. The van der Waals surface area contributed by atoms with Crippen molar-refractivity contribution in [1.29, 1.82) is 0 Å². The average molecular weight is 241 g/mol. The highest BCUT2D eigenvalue weighted by Crippen LogP contribution is 2.12. The molecular formula is C12H19NO4. The van der Waals surface area contributed by atoms with Crippen molar-refractivity contribution in [2.45, 2.75) is 45.8 Å². The van der Waals surface area contributed by atoms with Crippen LogP contribution in [0.5, 0.6) is 0 Å². The molecule has 1 amide bonds. The summed E-state index contributed by atoms with van der Waals surface area (Å²) in [5, 5.41) is 2.48. The first-order valence-electron chi connectivity index (χ1n) is 5.66. The van der Waals surface area contributed by atoms with Crippen LogP contribution in [-0.4, -0.2) is 30.1 Å². The van der Waals surface area contributed by atoms with Gasteiger partial charge in [-0.2, -0.15) is 0 Å². The van der Waals surface area contributed by atoms with Crippen LogP contribution in [0.3, 0.4) is 0 Å². The molecule has 0 aromatic heterocycles. The van der Waals surface area contributed by atoms with Gasteiger partial charge in [-0.15, -0.1) is 0 Å². The molecule has 1 atom stereocenters.